The third kappa shape index (κ3) is 4.35. The second kappa shape index (κ2) is 8.38. The molecule has 0 aliphatic carbocycles. The van der Waals surface area contributed by atoms with Gasteiger partial charge in [0.2, 0.25) is 0 Å². The van der Waals surface area contributed by atoms with Crippen LogP contribution in [0.2, 0.25) is 0 Å². The van der Waals surface area contributed by atoms with Gasteiger partial charge in [-0.15, -0.1) is 0 Å². The van der Waals surface area contributed by atoms with Crippen molar-refractivity contribution < 1.29 is 27.1 Å². The maximum absolute atomic E-state index is 13.3. The maximum atomic E-state index is 13.3. The summed E-state index contributed by atoms with van der Waals surface area (Å²) in [4.78, 5) is 31.4. The van der Waals surface area contributed by atoms with Crippen LogP contribution in [0.25, 0.3) is 5.69 Å². The van der Waals surface area contributed by atoms with E-state index >= 15 is 0 Å². The minimum Gasteiger partial charge on any atom is -0.491 e. The zero-order valence-electron chi connectivity index (χ0n) is 17.8. The Morgan fingerprint density at radius 2 is 1.91 bits per heavy atom. The van der Waals surface area contributed by atoms with E-state index in [0.717, 1.165) is 17.8 Å². The first-order valence-corrected chi connectivity index (χ1v) is 10.1. The number of pyridine rings is 1. The number of carbonyl (C=O) groups excluding carboxylic acids is 1. The van der Waals surface area contributed by atoms with Crippen LogP contribution < -0.4 is 10.3 Å². The molecule has 3 heterocycles. The van der Waals surface area contributed by atoms with Crippen LogP contribution in [0.5, 0.6) is 5.75 Å². The van der Waals surface area contributed by atoms with Crippen molar-refractivity contribution in [1.29, 1.82) is 0 Å². The van der Waals surface area contributed by atoms with Crippen LogP contribution >= 0.6 is 0 Å². The lowest BCUT2D eigenvalue weighted by Crippen LogP contribution is -2.50. The second-order valence-corrected chi connectivity index (χ2v) is 7.78. The number of halogens is 4. The fraction of sp³-hybridized carbons (Fsp3) is 0.318. The zero-order valence-corrected chi connectivity index (χ0v) is 17.8. The van der Waals surface area contributed by atoms with Crippen molar-refractivity contribution in [2.45, 2.75) is 32.6 Å². The molecule has 2 aromatic heterocycles. The molecule has 0 N–H and O–H groups in total. The van der Waals surface area contributed by atoms with E-state index in [0.29, 0.717) is 11.8 Å². The van der Waals surface area contributed by atoms with Gasteiger partial charge in [-0.25, -0.2) is 9.37 Å². The van der Waals surface area contributed by atoms with Crippen LogP contribution in [0.3, 0.4) is 0 Å². The molecule has 1 aliphatic rings. The van der Waals surface area contributed by atoms with E-state index in [4.69, 9.17) is 4.74 Å². The number of ether oxygens (including phenoxy) is 1. The summed E-state index contributed by atoms with van der Waals surface area (Å²) in [6.45, 7) is 3.58. The van der Waals surface area contributed by atoms with E-state index in [2.05, 4.69) is 4.98 Å². The van der Waals surface area contributed by atoms with Crippen LogP contribution in [-0.2, 0) is 12.7 Å². The predicted molar refractivity (Wildman–Crippen MR) is 110 cm³/mol. The topological polar surface area (TPSA) is 69.4 Å². The number of aromatic nitrogens is 3. The van der Waals surface area contributed by atoms with Gasteiger partial charge in [0.25, 0.3) is 11.5 Å². The molecule has 174 valence electrons. The van der Waals surface area contributed by atoms with Gasteiger partial charge in [0.05, 0.1) is 18.1 Å². The van der Waals surface area contributed by atoms with Crippen LogP contribution in [0, 0.1) is 12.7 Å². The summed E-state index contributed by atoms with van der Waals surface area (Å²) in [6.07, 6.45) is -1.57. The van der Waals surface area contributed by atoms with E-state index in [1.165, 1.54) is 27.9 Å². The maximum Gasteiger partial charge on any atom is 0.420 e. The zero-order chi connectivity index (χ0) is 23.9. The Bertz CT molecular complexity index is 1270. The molecule has 0 spiro atoms. The fourth-order valence-electron chi connectivity index (χ4n) is 3.75. The normalized spacial score (nSPS) is 14.8. The minimum absolute atomic E-state index is 0.177. The summed E-state index contributed by atoms with van der Waals surface area (Å²) in [5.74, 6) is -1.98. The summed E-state index contributed by atoms with van der Waals surface area (Å²) < 4.78 is 61.1. The summed E-state index contributed by atoms with van der Waals surface area (Å²) >= 11 is 0. The van der Waals surface area contributed by atoms with E-state index in [-0.39, 0.29) is 30.9 Å². The first-order chi connectivity index (χ1) is 15.6. The first-order valence-electron chi connectivity index (χ1n) is 10.1. The number of rotatable bonds is 5. The molecular formula is C22H20F4N4O3. The lowest BCUT2D eigenvalue weighted by atomic mass is 10.1. The van der Waals surface area contributed by atoms with Crippen LogP contribution in [0.15, 0.2) is 47.7 Å². The SMILES string of the molecule is Cc1cn(-c2ccc3n(c2=O)CCN([C@@H](C)COc2ccc(F)cc2C(F)(F)F)C3=O)cn1. The number of carbonyl (C=O) groups is 1. The van der Waals surface area contributed by atoms with Crippen molar-refractivity contribution >= 4 is 5.91 Å². The third-order valence-corrected chi connectivity index (χ3v) is 5.45. The summed E-state index contributed by atoms with van der Waals surface area (Å²) in [7, 11) is 0. The number of alkyl halides is 3. The molecule has 11 heteroatoms. The molecule has 1 aromatic carbocycles. The van der Waals surface area contributed by atoms with Gasteiger partial charge in [0, 0.05) is 19.3 Å². The lowest BCUT2D eigenvalue weighted by molar-refractivity contribution is -0.139. The minimum atomic E-state index is -4.78. The van der Waals surface area contributed by atoms with Crippen LogP contribution in [0.1, 0.15) is 28.7 Å². The lowest BCUT2D eigenvalue weighted by Gasteiger charge is -2.34. The molecule has 4 rings (SSSR count). The summed E-state index contributed by atoms with van der Waals surface area (Å²) in [5, 5.41) is 0. The summed E-state index contributed by atoms with van der Waals surface area (Å²) in [5.41, 5.74) is -0.297. The van der Waals surface area contributed by atoms with Gasteiger partial charge in [-0.2, -0.15) is 13.2 Å². The van der Waals surface area contributed by atoms with Gasteiger partial charge in [-0.1, -0.05) is 0 Å². The van der Waals surface area contributed by atoms with Gasteiger partial charge in [-0.3, -0.25) is 9.59 Å². The first kappa shape index (κ1) is 22.6. The van der Waals surface area contributed by atoms with Crippen molar-refractivity contribution in [2.75, 3.05) is 13.2 Å². The number of nitrogens with zero attached hydrogens (tertiary/aromatic N) is 4. The fourth-order valence-corrected chi connectivity index (χ4v) is 3.75. The average molecular weight is 464 g/mol. The molecular weight excluding hydrogens is 444 g/mol. The molecule has 0 saturated heterocycles. The molecule has 1 amide bonds. The quantitative estimate of drug-likeness (QED) is 0.543. The molecule has 0 unspecified atom stereocenters. The molecule has 0 radical (unpaired) electrons. The molecule has 3 aromatic rings. The molecule has 0 saturated carbocycles. The van der Waals surface area contributed by atoms with E-state index in [1.54, 1.807) is 24.6 Å². The van der Waals surface area contributed by atoms with Gasteiger partial charge < -0.3 is 18.8 Å². The van der Waals surface area contributed by atoms with Crippen molar-refractivity contribution in [2.24, 2.45) is 0 Å². The Morgan fingerprint density at radius 3 is 2.58 bits per heavy atom. The monoisotopic (exact) mass is 464 g/mol. The van der Waals surface area contributed by atoms with Gasteiger partial charge in [0.1, 0.15) is 35.1 Å². The molecule has 0 bridgehead atoms. The average Bonchev–Trinajstić information content (AvgIpc) is 3.18. The molecule has 33 heavy (non-hydrogen) atoms. The number of imidazole rings is 1. The Balaban J connectivity index is 1.52. The predicted octanol–water partition coefficient (Wildman–Crippen LogP) is 3.42. The number of aryl methyl sites for hydroxylation is 1. The highest BCUT2D eigenvalue weighted by molar-refractivity contribution is 5.93. The third-order valence-electron chi connectivity index (χ3n) is 5.45. The van der Waals surface area contributed by atoms with E-state index in [9.17, 15) is 27.2 Å². The van der Waals surface area contributed by atoms with Gasteiger partial charge >= 0.3 is 6.18 Å². The van der Waals surface area contributed by atoms with E-state index in [1.807, 2.05) is 0 Å². The van der Waals surface area contributed by atoms with Crippen LogP contribution in [0.4, 0.5) is 17.6 Å². The molecule has 1 atom stereocenters. The number of amides is 1. The molecule has 1 aliphatic heterocycles. The highest BCUT2D eigenvalue weighted by Crippen LogP contribution is 2.36. The number of hydrogen-bond donors (Lipinski definition) is 0. The Kier molecular flexibility index (Phi) is 5.73. The largest absolute Gasteiger partial charge is 0.491 e. The van der Waals surface area contributed by atoms with Crippen LogP contribution in [-0.4, -0.2) is 44.1 Å². The van der Waals surface area contributed by atoms with Crippen molar-refractivity contribution in [3.63, 3.8) is 0 Å². The Hall–Kier alpha value is -3.63. The second-order valence-electron chi connectivity index (χ2n) is 7.78. The van der Waals surface area contributed by atoms with Crippen molar-refractivity contribution in [3.05, 3.63) is 76.0 Å². The number of benzene rings is 1. The van der Waals surface area contributed by atoms with Gasteiger partial charge in [0.15, 0.2) is 0 Å². The number of hydrogen-bond acceptors (Lipinski definition) is 4. The molecule has 0 fully saturated rings. The van der Waals surface area contributed by atoms with E-state index < -0.39 is 35.3 Å². The Labute approximate surface area is 185 Å². The van der Waals surface area contributed by atoms with Gasteiger partial charge in [-0.05, 0) is 44.2 Å². The smallest absolute Gasteiger partial charge is 0.420 e. The molecule has 7 nitrogen and oxygen atoms in total. The highest BCUT2D eigenvalue weighted by Gasteiger charge is 2.35. The standard InChI is InChI=1S/C22H20F4N4O3/c1-13-10-28(12-27-13)17-4-5-18-21(32)29(7-8-30(18)20(17)31)14(2)11-33-19-6-3-15(23)9-16(19)22(24,25)26/h3-6,9-10,12,14H,7-8,11H2,1-2H3/t14-/m0/s1. The number of fused-ring (bicyclic) bond motifs is 1. The van der Waals surface area contributed by atoms with Crippen molar-refractivity contribution in [1.82, 2.24) is 19.0 Å². The van der Waals surface area contributed by atoms with Crippen molar-refractivity contribution in [3.8, 4) is 11.4 Å². The summed E-state index contributed by atoms with van der Waals surface area (Å²) in [6, 6.07) is 4.64. The Morgan fingerprint density at radius 1 is 1.15 bits per heavy atom. The highest BCUT2D eigenvalue weighted by atomic mass is 19.4.